The molecule has 114 valence electrons. The van der Waals surface area contributed by atoms with Gasteiger partial charge in [-0.2, -0.15) is 0 Å². The summed E-state index contributed by atoms with van der Waals surface area (Å²) >= 11 is 0. The monoisotopic (exact) mass is 284 g/mol. The van der Waals surface area contributed by atoms with E-state index in [4.69, 9.17) is 0 Å². The molecule has 0 saturated heterocycles. The third-order valence-electron chi connectivity index (χ3n) is 4.72. The van der Waals surface area contributed by atoms with Crippen LogP contribution in [0.15, 0.2) is 23.8 Å². The number of fused-ring (bicyclic) bond motifs is 1. The van der Waals surface area contributed by atoms with E-state index in [1.54, 1.807) is 0 Å². The van der Waals surface area contributed by atoms with Crippen molar-refractivity contribution >= 4 is 11.8 Å². The Hall–Kier alpha value is -1.28. The van der Waals surface area contributed by atoms with Crippen LogP contribution in [0.4, 0.5) is 5.69 Å². The summed E-state index contributed by atoms with van der Waals surface area (Å²) in [5.74, 6) is 0.606. The van der Waals surface area contributed by atoms with E-state index in [9.17, 15) is 0 Å². The van der Waals surface area contributed by atoms with Crippen LogP contribution in [0.3, 0.4) is 0 Å². The number of benzene rings is 1. The SMILES string of the molecule is CC(C)C(=Cc1ccc2c(c1)CCCN2C)CNC1CC1. The molecule has 0 bridgehead atoms. The fourth-order valence-corrected chi connectivity index (χ4v) is 3.08. The minimum Gasteiger partial charge on any atom is -0.374 e. The minimum atomic E-state index is 0.606. The Morgan fingerprint density at radius 3 is 2.90 bits per heavy atom. The van der Waals surface area contributed by atoms with E-state index in [0.717, 1.165) is 12.6 Å². The van der Waals surface area contributed by atoms with Crippen LogP contribution in [0.5, 0.6) is 0 Å². The first kappa shape index (κ1) is 14.6. The highest BCUT2D eigenvalue weighted by Crippen LogP contribution is 2.28. The van der Waals surface area contributed by atoms with Gasteiger partial charge in [0, 0.05) is 31.9 Å². The second-order valence-electron chi connectivity index (χ2n) is 6.94. The molecule has 0 radical (unpaired) electrons. The normalized spacial score (nSPS) is 19.0. The molecule has 1 aliphatic heterocycles. The standard InChI is InChI=1S/C19H28N2/c1-14(2)17(13-20-18-7-8-18)12-15-6-9-19-16(11-15)5-4-10-21(19)3/h6,9,11-12,14,18,20H,4-5,7-8,10,13H2,1-3H3. The fraction of sp³-hybridized carbons (Fsp3) is 0.579. The van der Waals surface area contributed by atoms with Crippen molar-refractivity contribution in [1.29, 1.82) is 0 Å². The molecule has 0 atom stereocenters. The summed E-state index contributed by atoms with van der Waals surface area (Å²) in [5, 5.41) is 3.65. The highest BCUT2D eigenvalue weighted by Gasteiger charge is 2.21. The summed E-state index contributed by atoms with van der Waals surface area (Å²) in [6.45, 7) is 6.82. The maximum atomic E-state index is 3.65. The highest BCUT2D eigenvalue weighted by atomic mass is 15.1. The molecule has 1 aliphatic carbocycles. The third kappa shape index (κ3) is 3.68. The Morgan fingerprint density at radius 1 is 1.38 bits per heavy atom. The van der Waals surface area contributed by atoms with Crippen LogP contribution in [0, 0.1) is 5.92 Å². The van der Waals surface area contributed by atoms with Gasteiger partial charge < -0.3 is 10.2 Å². The van der Waals surface area contributed by atoms with Crippen molar-refractivity contribution in [2.24, 2.45) is 5.92 Å². The van der Waals surface area contributed by atoms with Gasteiger partial charge in [0.2, 0.25) is 0 Å². The van der Waals surface area contributed by atoms with E-state index in [1.807, 2.05) is 0 Å². The molecule has 3 rings (SSSR count). The molecular weight excluding hydrogens is 256 g/mol. The predicted molar refractivity (Wildman–Crippen MR) is 91.9 cm³/mol. The Labute approximate surface area is 129 Å². The van der Waals surface area contributed by atoms with Crippen LogP contribution >= 0.6 is 0 Å². The summed E-state index contributed by atoms with van der Waals surface area (Å²) in [7, 11) is 2.20. The van der Waals surface area contributed by atoms with E-state index in [-0.39, 0.29) is 0 Å². The summed E-state index contributed by atoms with van der Waals surface area (Å²) in [4.78, 5) is 2.38. The Bertz CT molecular complexity index is 526. The van der Waals surface area contributed by atoms with E-state index in [1.165, 1.54) is 54.6 Å². The van der Waals surface area contributed by atoms with Gasteiger partial charge in [-0.15, -0.1) is 0 Å². The van der Waals surface area contributed by atoms with Crippen LogP contribution in [0.1, 0.15) is 44.2 Å². The molecule has 2 aliphatic rings. The molecular formula is C19H28N2. The Balaban J connectivity index is 1.78. The highest BCUT2D eigenvalue weighted by molar-refractivity contribution is 5.63. The number of hydrogen-bond donors (Lipinski definition) is 1. The Kier molecular flexibility index (Phi) is 4.34. The molecule has 1 saturated carbocycles. The second kappa shape index (κ2) is 6.23. The van der Waals surface area contributed by atoms with Gasteiger partial charge in [0.15, 0.2) is 0 Å². The minimum absolute atomic E-state index is 0.606. The lowest BCUT2D eigenvalue weighted by atomic mass is 9.96. The molecule has 0 spiro atoms. The van der Waals surface area contributed by atoms with Gasteiger partial charge in [-0.05, 0) is 54.9 Å². The second-order valence-corrected chi connectivity index (χ2v) is 6.94. The van der Waals surface area contributed by atoms with Crippen LogP contribution in [0.2, 0.25) is 0 Å². The van der Waals surface area contributed by atoms with Gasteiger partial charge in [0.25, 0.3) is 0 Å². The molecule has 1 N–H and O–H groups in total. The first-order chi connectivity index (χ1) is 10.1. The lowest BCUT2D eigenvalue weighted by Crippen LogP contribution is -2.24. The smallest absolute Gasteiger partial charge is 0.0396 e. The first-order valence-corrected chi connectivity index (χ1v) is 8.41. The van der Waals surface area contributed by atoms with Crippen molar-refractivity contribution in [2.75, 3.05) is 25.0 Å². The van der Waals surface area contributed by atoms with Gasteiger partial charge >= 0.3 is 0 Å². The van der Waals surface area contributed by atoms with Crippen LogP contribution < -0.4 is 10.2 Å². The van der Waals surface area contributed by atoms with Gasteiger partial charge in [0.05, 0.1) is 0 Å². The maximum absolute atomic E-state index is 3.65. The number of rotatable bonds is 5. The van der Waals surface area contributed by atoms with E-state index >= 15 is 0 Å². The number of anilines is 1. The van der Waals surface area contributed by atoms with E-state index in [0.29, 0.717) is 5.92 Å². The predicted octanol–water partition coefficient (Wildman–Crippen LogP) is 3.86. The topological polar surface area (TPSA) is 15.3 Å². The summed E-state index contributed by atoms with van der Waals surface area (Å²) < 4.78 is 0. The zero-order chi connectivity index (χ0) is 14.8. The van der Waals surface area contributed by atoms with Gasteiger partial charge in [-0.25, -0.2) is 0 Å². The molecule has 2 heteroatoms. The summed E-state index contributed by atoms with van der Waals surface area (Å²) in [5.41, 5.74) is 5.81. The molecule has 0 unspecified atom stereocenters. The zero-order valence-corrected chi connectivity index (χ0v) is 13.7. The number of nitrogens with zero attached hydrogens (tertiary/aromatic N) is 1. The summed E-state index contributed by atoms with van der Waals surface area (Å²) in [6.07, 6.45) is 7.61. The van der Waals surface area contributed by atoms with Crippen molar-refractivity contribution in [1.82, 2.24) is 5.32 Å². The third-order valence-corrected chi connectivity index (χ3v) is 4.72. The number of aryl methyl sites for hydroxylation is 1. The fourth-order valence-electron chi connectivity index (χ4n) is 3.08. The first-order valence-electron chi connectivity index (χ1n) is 8.41. The van der Waals surface area contributed by atoms with Crippen LogP contribution in [-0.4, -0.2) is 26.2 Å². The number of nitrogens with one attached hydrogen (secondary N) is 1. The Morgan fingerprint density at radius 2 is 2.19 bits per heavy atom. The van der Waals surface area contributed by atoms with Crippen molar-refractivity contribution in [3.8, 4) is 0 Å². The molecule has 1 aromatic carbocycles. The molecule has 2 nitrogen and oxygen atoms in total. The summed E-state index contributed by atoms with van der Waals surface area (Å²) in [6, 6.07) is 7.75. The van der Waals surface area contributed by atoms with Crippen molar-refractivity contribution in [3.63, 3.8) is 0 Å². The average molecular weight is 284 g/mol. The molecule has 0 amide bonds. The van der Waals surface area contributed by atoms with Crippen LogP contribution in [-0.2, 0) is 6.42 Å². The van der Waals surface area contributed by atoms with Gasteiger partial charge in [-0.3, -0.25) is 0 Å². The maximum Gasteiger partial charge on any atom is 0.0396 e. The quantitative estimate of drug-likeness (QED) is 0.883. The van der Waals surface area contributed by atoms with Gasteiger partial charge in [-0.1, -0.05) is 31.6 Å². The number of hydrogen-bond acceptors (Lipinski definition) is 2. The molecule has 0 aromatic heterocycles. The van der Waals surface area contributed by atoms with Crippen LogP contribution in [0.25, 0.3) is 6.08 Å². The van der Waals surface area contributed by atoms with Crippen molar-refractivity contribution < 1.29 is 0 Å². The molecule has 1 fully saturated rings. The van der Waals surface area contributed by atoms with E-state index in [2.05, 4.69) is 55.4 Å². The molecule has 21 heavy (non-hydrogen) atoms. The van der Waals surface area contributed by atoms with Crippen molar-refractivity contribution in [2.45, 2.75) is 45.6 Å². The average Bonchev–Trinajstić information content (AvgIpc) is 3.27. The largest absolute Gasteiger partial charge is 0.374 e. The van der Waals surface area contributed by atoms with Gasteiger partial charge in [0.1, 0.15) is 0 Å². The lowest BCUT2D eigenvalue weighted by Gasteiger charge is -2.27. The van der Waals surface area contributed by atoms with Crippen molar-refractivity contribution in [3.05, 3.63) is 34.9 Å². The molecule has 1 heterocycles. The zero-order valence-electron chi connectivity index (χ0n) is 13.7. The molecule has 1 aromatic rings. The lowest BCUT2D eigenvalue weighted by molar-refractivity contribution is 0.662. The van der Waals surface area contributed by atoms with E-state index < -0.39 is 0 Å².